The van der Waals surface area contributed by atoms with Crippen molar-refractivity contribution < 1.29 is 46.2 Å². The second-order valence-corrected chi connectivity index (χ2v) is 14.3. The lowest BCUT2D eigenvalue weighted by Crippen LogP contribution is -2.42. The topological polar surface area (TPSA) is 114 Å². The molecule has 10 nitrogen and oxygen atoms in total. The van der Waals surface area contributed by atoms with E-state index in [-0.39, 0.29) is 26.4 Å². The van der Waals surface area contributed by atoms with Gasteiger partial charge in [0.2, 0.25) is 0 Å². The van der Waals surface area contributed by atoms with Gasteiger partial charge in [-0.15, -0.1) is 0 Å². The summed E-state index contributed by atoms with van der Waals surface area (Å²) in [6, 6.07) is 1.51. The first-order valence-corrected chi connectivity index (χ1v) is 15.4. The van der Waals surface area contributed by atoms with Crippen LogP contribution in [0.25, 0.3) is 0 Å². The Morgan fingerprint density at radius 2 is 0.848 bits per heavy atom. The van der Waals surface area contributed by atoms with E-state index in [4.69, 9.17) is 36.0 Å². The molecule has 0 aliphatic carbocycles. The lowest BCUT2D eigenvalue weighted by Gasteiger charge is -2.29. The molecule has 0 saturated heterocycles. The molecule has 0 bridgehead atoms. The molecule has 0 spiro atoms. The third-order valence-electron chi connectivity index (χ3n) is 5.90. The van der Waals surface area contributed by atoms with E-state index in [9.17, 15) is 10.2 Å². The van der Waals surface area contributed by atoms with Crippen molar-refractivity contribution in [1.82, 2.24) is 0 Å². The second-order valence-electron chi connectivity index (χ2n) is 8.13. The van der Waals surface area contributed by atoms with Crippen LogP contribution in [0.15, 0.2) is 0 Å². The van der Waals surface area contributed by atoms with Crippen LogP contribution in [-0.2, 0) is 36.0 Å². The van der Waals surface area contributed by atoms with Gasteiger partial charge in [0.15, 0.2) is 0 Å². The minimum Gasteiger partial charge on any atom is -0.396 e. The van der Waals surface area contributed by atoms with Crippen molar-refractivity contribution in [2.45, 2.75) is 50.6 Å². The van der Waals surface area contributed by atoms with Gasteiger partial charge in [-0.3, -0.25) is 0 Å². The largest absolute Gasteiger partial charge is 0.500 e. The summed E-state index contributed by atoms with van der Waals surface area (Å²) in [4.78, 5) is 0. The molecule has 0 aliphatic heterocycles. The van der Waals surface area contributed by atoms with Crippen LogP contribution in [0.3, 0.4) is 0 Å². The molecule has 33 heavy (non-hydrogen) atoms. The number of aliphatic hydroxyl groups excluding tert-OH is 2. The SMILES string of the molecule is CO[Si](CCCCCOCC(CO)(CO)COCCCCC[Si](OC)(OC)OC)(OC)OC. The third-order valence-corrected chi connectivity index (χ3v) is 11.6. The Kier molecular flexibility index (Phi) is 19.3. The van der Waals surface area contributed by atoms with E-state index in [1.54, 1.807) is 42.7 Å². The molecule has 200 valence electrons. The zero-order valence-electron chi connectivity index (χ0n) is 21.6. The van der Waals surface area contributed by atoms with Crippen LogP contribution in [0.1, 0.15) is 38.5 Å². The van der Waals surface area contributed by atoms with Crippen LogP contribution < -0.4 is 0 Å². The predicted octanol–water partition coefficient (Wildman–Crippen LogP) is 2.09. The van der Waals surface area contributed by atoms with Gasteiger partial charge in [0, 0.05) is 68.0 Å². The summed E-state index contributed by atoms with van der Waals surface area (Å²) in [6.45, 7) is 1.20. The van der Waals surface area contributed by atoms with E-state index in [1.807, 2.05) is 0 Å². The maximum absolute atomic E-state index is 9.81. The van der Waals surface area contributed by atoms with Gasteiger partial charge in [0.05, 0.1) is 31.8 Å². The van der Waals surface area contributed by atoms with E-state index in [2.05, 4.69) is 0 Å². The highest BCUT2D eigenvalue weighted by atomic mass is 28.4. The van der Waals surface area contributed by atoms with Gasteiger partial charge >= 0.3 is 17.6 Å². The fourth-order valence-corrected chi connectivity index (χ4v) is 7.00. The van der Waals surface area contributed by atoms with E-state index in [0.717, 1.165) is 50.6 Å². The van der Waals surface area contributed by atoms with Crippen molar-refractivity contribution in [3.05, 3.63) is 0 Å². The number of aliphatic hydroxyl groups is 2. The Morgan fingerprint density at radius 3 is 1.12 bits per heavy atom. The Morgan fingerprint density at radius 1 is 0.515 bits per heavy atom. The van der Waals surface area contributed by atoms with Gasteiger partial charge in [0.1, 0.15) is 0 Å². The molecule has 0 fully saturated rings. The Hall–Kier alpha value is 0.0338. The number of rotatable bonds is 24. The van der Waals surface area contributed by atoms with Crippen LogP contribution in [0.5, 0.6) is 0 Å². The first kappa shape index (κ1) is 33.0. The Balaban J connectivity index is 4.06. The third kappa shape index (κ3) is 12.5. The summed E-state index contributed by atoms with van der Waals surface area (Å²) in [5.74, 6) is 0. The zero-order chi connectivity index (χ0) is 25.1. The molecule has 0 rings (SSSR count). The van der Waals surface area contributed by atoms with Crippen LogP contribution >= 0.6 is 0 Å². The Labute approximate surface area is 202 Å². The number of ether oxygens (including phenoxy) is 2. The van der Waals surface area contributed by atoms with Gasteiger partial charge in [-0.1, -0.05) is 12.8 Å². The number of unbranched alkanes of at least 4 members (excludes halogenated alkanes) is 4. The molecule has 0 unspecified atom stereocenters. The molecule has 0 saturated carbocycles. The Bertz CT molecular complexity index is 394. The minimum atomic E-state index is -2.51. The van der Waals surface area contributed by atoms with Crippen LogP contribution in [0.2, 0.25) is 12.1 Å². The zero-order valence-corrected chi connectivity index (χ0v) is 23.6. The molecule has 0 aromatic heterocycles. The smallest absolute Gasteiger partial charge is 0.396 e. The second kappa shape index (κ2) is 19.2. The average molecular weight is 517 g/mol. The lowest BCUT2D eigenvalue weighted by atomic mass is 9.92. The predicted molar refractivity (Wildman–Crippen MR) is 129 cm³/mol. The fourth-order valence-electron chi connectivity index (χ4n) is 3.41. The van der Waals surface area contributed by atoms with E-state index >= 15 is 0 Å². The molecule has 0 amide bonds. The summed E-state index contributed by atoms with van der Waals surface area (Å²) in [5, 5.41) is 19.6. The van der Waals surface area contributed by atoms with E-state index in [1.165, 1.54) is 0 Å². The monoisotopic (exact) mass is 516 g/mol. The molecule has 0 aliphatic rings. The van der Waals surface area contributed by atoms with Gasteiger partial charge in [-0.2, -0.15) is 0 Å². The molecule has 12 heteroatoms. The molecule has 0 aromatic rings. The normalized spacial score (nSPS) is 13.1. The summed E-state index contributed by atoms with van der Waals surface area (Å²) in [7, 11) is 4.67. The highest BCUT2D eigenvalue weighted by Gasteiger charge is 2.37. The summed E-state index contributed by atoms with van der Waals surface area (Å²) < 4.78 is 44.0. The molecular formula is C21H48O10Si2. The van der Waals surface area contributed by atoms with E-state index < -0.39 is 23.0 Å². The first-order chi connectivity index (χ1) is 15.9. The van der Waals surface area contributed by atoms with Crippen LogP contribution in [-0.4, -0.2) is 110 Å². The van der Waals surface area contributed by atoms with Crippen LogP contribution in [0.4, 0.5) is 0 Å². The van der Waals surface area contributed by atoms with Crippen molar-refractivity contribution >= 4 is 17.6 Å². The molecule has 0 radical (unpaired) electrons. The summed E-state index contributed by atoms with van der Waals surface area (Å²) in [5.41, 5.74) is -0.797. The highest BCUT2D eigenvalue weighted by molar-refractivity contribution is 6.60. The average Bonchev–Trinajstić information content (AvgIpc) is 2.87. The number of hydrogen-bond donors (Lipinski definition) is 2. The number of hydrogen-bond acceptors (Lipinski definition) is 10. The van der Waals surface area contributed by atoms with Gasteiger partial charge in [-0.25, -0.2) is 0 Å². The van der Waals surface area contributed by atoms with Gasteiger partial charge in [0.25, 0.3) is 0 Å². The summed E-state index contributed by atoms with van der Waals surface area (Å²) >= 11 is 0. The van der Waals surface area contributed by atoms with Crippen molar-refractivity contribution in [3.63, 3.8) is 0 Å². The van der Waals surface area contributed by atoms with Crippen molar-refractivity contribution in [1.29, 1.82) is 0 Å². The van der Waals surface area contributed by atoms with Crippen molar-refractivity contribution in [2.75, 3.05) is 82.3 Å². The van der Waals surface area contributed by atoms with Gasteiger partial charge < -0.3 is 46.2 Å². The van der Waals surface area contributed by atoms with Gasteiger partial charge in [-0.05, 0) is 25.7 Å². The maximum Gasteiger partial charge on any atom is 0.500 e. The quantitative estimate of drug-likeness (QED) is 0.146. The standard InChI is InChI=1S/C21H48O10Si2/c1-24-32(25-2,26-3)15-11-7-9-13-30-19-21(17-22,18-23)20-31-14-10-8-12-16-33(27-4,28-5)29-6/h22-23H,7-20H2,1-6H3. The van der Waals surface area contributed by atoms with Crippen LogP contribution in [0, 0.1) is 5.41 Å². The maximum atomic E-state index is 9.81. The fraction of sp³-hybridized carbons (Fsp3) is 1.00. The molecular weight excluding hydrogens is 468 g/mol. The molecule has 0 atom stereocenters. The molecule has 0 aromatic carbocycles. The minimum absolute atomic E-state index is 0.198. The molecule has 0 heterocycles. The van der Waals surface area contributed by atoms with Crippen molar-refractivity contribution in [2.24, 2.45) is 5.41 Å². The first-order valence-electron chi connectivity index (χ1n) is 11.6. The molecule has 2 N–H and O–H groups in total. The van der Waals surface area contributed by atoms with Crippen molar-refractivity contribution in [3.8, 4) is 0 Å². The summed E-state index contributed by atoms with van der Waals surface area (Å²) in [6.07, 6.45) is 5.47. The lowest BCUT2D eigenvalue weighted by molar-refractivity contribution is -0.0776. The highest BCUT2D eigenvalue weighted by Crippen LogP contribution is 2.20. The van der Waals surface area contributed by atoms with E-state index in [0.29, 0.717) is 13.2 Å².